The number of benzene rings is 2. The third kappa shape index (κ3) is 4.81. The Kier molecular flexibility index (Phi) is 6.53. The maximum atomic E-state index is 13.0. The SMILES string of the molecule is COc1ccc(CNC(=O)Cn2ccc3cc(S(=O)(=O)N4CCC(C)CC4)ccc32)cc1. The number of ether oxygens (including phenoxy) is 1. The zero-order valence-electron chi connectivity index (χ0n) is 18.5. The van der Waals surface area contributed by atoms with Crippen LogP contribution in [0.4, 0.5) is 0 Å². The van der Waals surface area contributed by atoms with Crippen LogP contribution in [0, 0.1) is 5.92 Å². The standard InChI is InChI=1S/C24H29N3O4S/c1-18-9-13-27(14-10-18)32(29,30)22-7-8-23-20(15-22)11-12-26(23)17-24(28)25-16-19-3-5-21(31-2)6-4-19/h3-8,11-12,15,18H,9-10,13-14,16-17H2,1-2H3,(H,25,28). The number of amides is 1. The maximum absolute atomic E-state index is 13.0. The number of fused-ring (bicyclic) bond motifs is 1. The predicted octanol–water partition coefficient (Wildman–Crippen LogP) is 3.39. The van der Waals surface area contributed by atoms with Gasteiger partial charge in [-0.25, -0.2) is 8.42 Å². The van der Waals surface area contributed by atoms with Gasteiger partial charge in [0.25, 0.3) is 0 Å². The van der Waals surface area contributed by atoms with Gasteiger partial charge in [-0.1, -0.05) is 19.1 Å². The summed E-state index contributed by atoms with van der Waals surface area (Å²) >= 11 is 0. The molecule has 4 rings (SSSR count). The van der Waals surface area contributed by atoms with E-state index in [-0.39, 0.29) is 12.5 Å². The fourth-order valence-corrected chi connectivity index (χ4v) is 5.51. The molecule has 0 unspecified atom stereocenters. The minimum Gasteiger partial charge on any atom is -0.497 e. The Hall–Kier alpha value is -2.84. The molecule has 0 spiro atoms. The third-order valence-corrected chi connectivity index (χ3v) is 7.98. The first-order valence-electron chi connectivity index (χ1n) is 10.9. The van der Waals surface area contributed by atoms with Gasteiger partial charge in [0, 0.05) is 36.7 Å². The summed E-state index contributed by atoms with van der Waals surface area (Å²) in [4.78, 5) is 12.8. The highest BCUT2D eigenvalue weighted by atomic mass is 32.2. The van der Waals surface area contributed by atoms with Gasteiger partial charge in [-0.05, 0) is 60.7 Å². The first kappa shape index (κ1) is 22.4. The van der Waals surface area contributed by atoms with E-state index in [1.165, 1.54) is 0 Å². The van der Waals surface area contributed by atoms with Crippen molar-refractivity contribution in [2.45, 2.75) is 37.8 Å². The van der Waals surface area contributed by atoms with Crippen molar-refractivity contribution in [1.29, 1.82) is 0 Å². The summed E-state index contributed by atoms with van der Waals surface area (Å²) in [5.74, 6) is 1.22. The second kappa shape index (κ2) is 9.34. The van der Waals surface area contributed by atoms with Crippen LogP contribution in [0.3, 0.4) is 0 Å². The van der Waals surface area contributed by atoms with Crippen molar-refractivity contribution in [1.82, 2.24) is 14.2 Å². The molecule has 8 heteroatoms. The van der Waals surface area contributed by atoms with Gasteiger partial charge in [0.2, 0.25) is 15.9 Å². The fourth-order valence-electron chi connectivity index (χ4n) is 4.01. The summed E-state index contributed by atoms with van der Waals surface area (Å²) in [6, 6.07) is 14.5. The van der Waals surface area contributed by atoms with E-state index in [9.17, 15) is 13.2 Å². The van der Waals surface area contributed by atoms with Crippen molar-refractivity contribution >= 4 is 26.8 Å². The zero-order chi connectivity index (χ0) is 22.7. The van der Waals surface area contributed by atoms with Gasteiger partial charge in [0.15, 0.2) is 0 Å². The van der Waals surface area contributed by atoms with E-state index in [2.05, 4.69) is 12.2 Å². The molecule has 0 aliphatic carbocycles. The molecule has 1 amide bonds. The molecule has 0 bridgehead atoms. The number of sulfonamides is 1. The third-order valence-electron chi connectivity index (χ3n) is 6.09. The molecule has 1 aliphatic heterocycles. The molecule has 1 fully saturated rings. The molecule has 1 saturated heterocycles. The van der Waals surface area contributed by atoms with Crippen LogP contribution in [0.25, 0.3) is 10.9 Å². The number of hydrogen-bond acceptors (Lipinski definition) is 4. The van der Waals surface area contributed by atoms with Crippen LogP contribution < -0.4 is 10.1 Å². The van der Waals surface area contributed by atoms with Crippen LogP contribution in [0.15, 0.2) is 59.6 Å². The number of nitrogens with zero attached hydrogens (tertiary/aromatic N) is 2. The number of carbonyl (C=O) groups is 1. The first-order valence-corrected chi connectivity index (χ1v) is 12.3. The second-order valence-electron chi connectivity index (χ2n) is 8.38. The molecule has 7 nitrogen and oxygen atoms in total. The molecular weight excluding hydrogens is 426 g/mol. The van der Waals surface area contributed by atoms with E-state index in [0.717, 1.165) is 35.1 Å². The van der Waals surface area contributed by atoms with E-state index in [1.54, 1.807) is 29.6 Å². The first-order chi connectivity index (χ1) is 15.4. The van der Waals surface area contributed by atoms with Gasteiger partial charge in [0.05, 0.1) is 12.0 Å². The highest BCUT2D eigenvalue weighted by Crippen LogP contribution is 2.26. The summed E-state index contributed by atoms with van der Waals surface area (Å²) in [5, 5.41) is 3.72. The Morgan fingerprint density at radius 2 is 1.81 bits per heavy atom. The van der Waals surface area contributed by atoms with Crippen molar-refractivity contribution in [3.8, 4) is 5.75 Å². The Morgan fingerprint density at radius 3 is 2.50 bits per heavy atom. The number of aromatic nitrogens is 1. The average Bonchev–Trinajstić information content (AvgIpc) is 3.20. The summed E-state index contributed by atoms with van der Waals surface area (Å²) in [5.41, 5.74) is 1.81. The van der Waals surface area contributed by atoms with E-state index in [4.69, 9.17) is 4.74 Å². The Morgan fingerprint density at radius 1 is 1.09 bits per heavy atom. The number of rotatable bonds is 7. The van der Waals surface area contributed by atoms with Gasteiger partial charge in [0.1, 0.15) is 12.3 Å². The van der Waals surface area contributed by atoms with Crippen LogP contribution in [0.5, 0.6) is 5.75 Å². The molecular formula is C24H29N3O4S. The van der Waals surface area contributed by atoms with Crippen molar-refractivity contribution in [2.24, 2.45) is 5.92 Å². The van der Waals surface area contributed by atoms with E-state index < -0.39 is 10.0 Å². The molecule has 1 N–H and O–H groups in total. The second-order valence-corrected chi connectivity index (χ2v) is 10.3. The van der Waals surface area contributed by atoms with E-state index in [0.29, 0.717) is 30.4 Å². The Balaban J connectivity index is 1.42. The number of methoxy groups -OCH3 is 1. The van der Waals surface area contributed by atoms with Crippen LogP contribution >= 0.6 is 0 Å². The highest BCUT2D eigenvalue weighted by molar-refractivity contribution is 7.89. The lowest BCUT2D eigenvalue weighted by molar-refractivity contribution is -0.121. The maximum Gasteiger partial charge on any atom is 0.243 e. The number of hydrogen-bond donors (Lipinski definition) is 1. The molecule has 0 saturated carbocycles. The highest BCUT2D eigenvalue weighted by Gasteiger charge is 2.28. The van der Waals surface area contributed by atoms with Gasteiger partial charge >= 0.3 is 0 Å². The molecule has 0 atom stereocenters. The lowest BCUT2D eigenvalue weighted by atomic mass is 10.0. The summed E-state index contributed by atoms with van der Waals surface area (Å²) in [7, 11) is -1.88. The van der Waals surface area contributed by atoms with Crippen molar-refractivity contribution < 1.29 is 17.9 Å². The molecule has 32 heavy (non-hydrogen) atoms. The Bertz CT molecular complexity index is 1190. The molecule has 3 aromatic rings. The van der Waals surface area contributed by atoms with Gasteiger partial charge in [-0.15, -0.1) is 0 Å². The minimum absolute atomic E-state index is 0.113. The molecule has 0 radical (unpaired) electrons. The predicted molar refractivity (Wildman–Crippen MR) is 124 cm³/mol. The van der Waals surface area contributed by atoms with Gasteiger partial charge in [-0.3, -0.25) is 4.79 Å². The minimum atomic E-state index is -3.50. The average molecular weight is 456 g/mol. The molecule has 2 aromatic carbocycles. The Labute approximate surface area is 189 Å². The van der Waals surface area contributed by atoms with Crippen LogP contribution in [0.2, 0.25) is 0 Å². The number of nitrogens with one attached hydrogen (secondary N) is 1. The largest absolute Gasteiger partial charge is 0.497 e. The molecule has 170 valence electrons. The summed E-state index contributed by atoms with van der Waals surface area (Å²) in [6.07, 6.45) is 3.60. The molecule has 2 heterocycles. The van der Waals surface area contributed by atoms with Crippen LogP contribution in [0.1, 0.15) is 25.3 Å². The number of piperidine rings is 1. The smallest absolute Gasteiger partial charge is 0.243 e. The lowest BCUT2D eigenvalue weighted by Gasteiger charge is -2.29. The van der Waals surface area contributed by atoms with Crippen molar-refractivity contribution in [3.63, 3.8) is 0 Å². The fraction of sp³-hybridized carbons (Fsp3) is 0.375. The zero-order valence-corrected chi connectivity index (χ0v) is 19.3. The molecule has 1 aliphatic rings. The summed E-state index contributed by atoms with van der Waals surface area (Å²) in [6.45, 7) is 3.88. The normalized spacial score (nSPS) is 15.7. The summed E-state index contributed by atoms with van der Waals surface area (Å²) < 4.78 is 34.6. The quantitative estimate of drug-likeness (QED) is 0.592. The molecule has 1 aromatic heterocycles. The van der Waals surface area contributed by atoms with Crippen LogP contribution in [-0.2, 0) is 27.9 Å². The topological polar surface area (TPSA) is 80.6 Å². The number of carbonyl (C=O) groups excluding carboxylic acids is 1. The van der Waals surface area contributed by atoms with Gasteiger partial charge < -0.3 is 14.6 Å². The monoisotopic (exact) mass is 455 g/mol. The van der Waals surface area contributed by atoms with Crippen molar-refractivity contribution in [2.75, 3.05) is 20.2 Å². The lowest BCUT2D eigenvalue weighted by Crippen LogP contribution is -2.37. The van der Waals surface area contributed by atoms with Crippen LogP contribution in [-0.4, -0.2) is 43.4 Å². The van der Waals surface area contributed by atoms with E-state index >= 15 is 0 Å². The van der Waals surface area contributed by atoms with E-state index in [1.807, 2.05) is 41.1 Å². The van der Waals surface area contributed by atoms with Crippen molar-refractivity contribution in [3.05, 3.63) is 60.3 Å². The van der Waals surface area contributed by atoms with Gasteiger partial charge in [-0.2, -0.15) is 4.31 Å².